The minimum atomic E-state index is -0.250. The molecule has 2 saturated heterocycles. The molecule has 2 aliphatic heterocycles. The van der Waals surface area contributed by atoms with E-state index in [1.165, 1.54) is 6.42 Å². The number of urea groups is 1. The molecule has 0 spiro atoms. The Balaban J connectivity index is 0.000000817. The number of morpholine rings is 1. The Bertz CT molecular complexity index is 577. The second kappa shape index (κ2) is 11.3. The van der Waals surface area contributed by atoms with Gasteiger partial charge in [0.2, 0.25) is 5.95 Å². The van der Waals surface area contributed by atoms with Crippen molar-refractivity contribution >= 4 is 18.5 Å². The number of rotatable bonds is 5. The Morgan fingerprint density at radius 2 is 2.11 bits per heavy atom. The number of carbonyl (C=O) groups is 2. The number of carbonyl (C=O) groups excluding carboxylic acids is 1. The number of nitrogen functional groups attached to an aromatic ring is 1. The van der Waals surface area contributed by atoms with Gasteiger partial charge in [-0.25, -0.2) is 4.79 Å². The zero-order chi connectivity index (χ0) is 19.5. The van der Waals surface area contributed by atoms with Gasteiger partial charge in [-0.2, -0.15) is 4.98 Å². The second-order valence-electron chi connectivity index (χ2n) is 6.48. The third-order valence-corrected chi connectivity index (χ3v) is 4.65. The molecule has 2 aliphatic rings. The van der Waals surface area contributed by atoms with Crippen LogP contribution in [0.1, 0.15) is 25.1 Å². The monoisotopic (exact) mass is 383 g/mol. The van der Waals surface area contributed by atoms with E-state index in [4.69, 9.17) is 20.4 Å². The van der Waals surface area contributed by atoms with Crippen LogP contribution >= 0.6 is 0 Å². The number of hydrogen-bond acceptors (Lipinski definition) is 7. The third kappa shape index (κ3) is 7.02. The average Bonchev–Trinajstić information content (AvgIpc) is 3.09. The molecule has 5 N–H and O–H groups in total. The standard InChI is InChI=1S/C15H27N7O2.CH2O2/c16-14-18-13(19-20-14)4-5-17-15(23)22-6-2-1-3-12(22)11-21-7-9-24-10-8-21;2-1-3/h12H,1-11H2,(H,17,23)(H3,16,18,19,20);1H,(H,2,3). The van der Waals surface area contributed by atoms with Crippen LogP contribution in [-0.2, 0) is 16.0 Å². The van der Waals surface area contributed by atoms with Crippen molar-refractivity contribution in [2.75, 3.05) is 51.7 Å². The number of nitrogens with one attached hydrogen (secondary N) is 2. The van der Waals surface area contributed by atoms with Crippen LogP contribution in [0.2, 0.25) is 0 Å². The number of amides is 2. The zero-order valence-electron chi connectivity index (χ0n) is 15.5. The lowest BCUT2D eigenvalue weighted by Gasteiger charge is -2.39. The van der Waals surface area contributed by atoms with Gasteiger partial charge < -0.3 is 25.8 Å². The van der Waals surface area contributed by atoms with Crippen molar-refractivity contribution in [3.63, 3.8) is 0 Å². The van der Waals surface area contributed by atoms with Crippen molar-refractivity contribution in [2.24, 2.45) is 0 Å². The number of likely N-dealkylation sites (tertiary alicyclic amines) is 1. The number of hydrogen-bond donors (Lipinski definition) is 4. The highest BCUT2D eigenvalue weighted by Crippen LogP contribution is 2.18. The lowest BCUT2D eigenvalue weighted by Crippen LogP contribution is -2.54. The predicted octanol–water partition coefficient (Wildman–Crippen LogP) is -0.473. The van der Waals surface area contributed by atoms with Gasteiger partial charge in [0, 0.05) is 45.2 Å². The van der Waals surface area contributed by atoms with Crippen molar-refractivity contribution in [3.05, 3.63) is 5.82 Å². The molecular weight excluding hydrogens is 354 g/mol. The molecule has 2 fully saturated rings. The quantitative estimate of drug-likeness (QED) is 0.498. The molecular formula is C16H29N7O4. The highest BCUT2D eigenvalue weighted by molar-refractivity contribution is 5.74. The molecule has 1 aromatic rings. The first kappa shape index (κ1) is 20.9. The fourth-order valence-corrected chi connectivity index (χ4v) is 3.35. The van der Waals surface area contributed by atoms with Crippen LogP contribution < -0.4 is 11.1 Å². The highest BCUT2D eigenvalue weighted by Gasteiger charge is 2.28. The normalized spacial score (nSPS) is 20.4. The van der Waals surface area contributed by atoms with E-state index < -0.39 is 0 Å². The van der Waals surface area contributed by atoms with Gasteiger partial charge in [-0.3, -0.25) is 14.8 Å². The predicted molar refractivity (Wildman–Crippen MR) is 98.2 cm³/mol. The molecule has 0 bridgehead atoms. The van der Waals surface area contributed by atoms with Gasteiger partial charge in [0.05, 0.1) is 13.2 Å². The minimum absolute atomic E-state index is 0.0143. The van der Waals surface area contributed by atoms with E-state index in [0.717, 1.165) is 52.2 Å². The van der Waals surface area contributed by atoms with Gasteiger partial charge in [-0.15, -0.1) is 5.10 Å². The van der Waals surface area contributed by atoms with Crippen LogP contribution in [0, 0.1) is 0 Å². The number of piperidine rings is 1. The first-order valence-corrected chi connectivity index (χ1v) is 9.23. The Labute approximate surface area is 158 Å². The number of anilines is 1. The molecule has 0 saturated carbocycles. The van der Waals surface area contributed by atoms with Crippen LogP contribution in [0.25, 0.3) is 0 Å². The number of nitrogens with two attached hydrogens (primary N) is 1. The van der Waals surface area contributed by atoms with E-state index in [2.05, 4.69) is 25.4 Å². The summed E-state index contributed by atoms with van der Waals surface area (Å²) in [5.41, 5.74) is 5.47. The number of aromatic amines is 1. The molecule has 3 rings (SSSR count). The minimum Gasteiger partial charge on any atom is -0.483 e. The number of carboxylic acid groups (broad SMARTS) is 1. The van der Waals surface area contributed by atoms with Gasteiger partial charge >= 0.3 is 6.03 Å². The zero-order valence-corrected chi connectivity index (χ0v) is 15.5. The van der Waals surface area contributed by atoms with E-state index in [0.29, 0.717) is 18.8 Å². The molecule has 1 unspecified atom stereocenters. The van der Waals surface area contributed by atoms with Crippen LogP contribution in [0.5, 0.6) is 0 Å². The molecule has 0 radical (unpaired) electrons. The van der Waals surface area contributed by atoms with Crippen LogP contribution in [-0.4, -0.2) is 94.6 Å². The van der Waals surface area contributed by atoms with Crippen LogP contribution in [0.4, 0.5) is 10.7 Å². The van der Waals surface area contributed by atoms with E-state index in [1.54, 1.807) is 0 Å². The Hall–Kier alpha value is -2.40. The van der Waals surface area contributed by atoms with E-state index >= 15 is 0 Å². The molecule has 1 aromatic heterocycles. The van der Waals surface area contributed by atoms with Gasteiger partial charge in [0.1, 0.15) is 5.82 Å². The summed E-state index contributed by atoms with van der Waals surface area (Å²) in [6.07, 6.45) is 3.93. The fourth-order valence-electron chi connectivity index (χ4n) is 3.35. The molecule has 0 aromatic carbocycles. The maximum absolute atomic E-state index is 12.5. The summed E-state index contributed by atoms with van der Waals surface area (Å²) in [5, 5.41) is 16.4. The fraction of sp³-hybridized carbons (Fsp3) is 0.750. The summed E-state index contributed by atoms with van der Waals surface area (Å²) in [4.78, 5) is 29.3. The van der Waals surface area contributed by atoms with Crippen molar-refractivity contribution in [1.29, 1.82) is 0 Å². The first-order chi connectivity index (χ1) is 13.1. The van der Waals surface area contributed by atoms with Gasteiger partial charge in [0.25, 0.3) is 6.47 Å². The maximum atomic E-state index is 12.5. The largest absolute Gasteiger partial charge is 0.483 e. The molecule has 11 nitrogen and oxygen atoms in total. The summed E-state index contributed by atoms with van der Waals surface area (Å²) in [7, 11) is 0. The van der Waals surface area contributed by atoms with E-state index in [9.17, 15) is 4.79 Å². The number of ether oxygens (including phenoxy) is 1. The highest BCUT2D eigenvalue weighted by atomic mass is 16.5. The molecule has 1 atom stereocenters. The van der Waals surface area contributed by atoms with Crippen LogP contribution in [0.15, 0.2) is 0 Å². The van der Waals surface area contributed by atoms with Gasteiger partial charge in [0.15, 0.2) is 0 Å². The van der Waals surface area contributed by atoms with Crippen molar-refractivity contribution in [1.82, 2.24) is 30.3 Å². The smallest absolute Gasteiger partial charge is 0.317 e. The first-order valence-electron chi connectivity index (χ1n) is 9.23. The number of H-pyrrole nitrogens is 1. The lowest BCUT2D eigenvalue weighted by molar-refractivity contribution is -0.122. The van der Waals surface area contributed by atoms with Gasteiger partial charge in [-0.1, -0.05) is 0 Å². The number of nitrogens with zero attached hydrogens (tertiary/aromatic N) is 4. The Morgan fingerprint density at radius 1 is 1.37 bits per heavy atom. The molecule has 3 heterocycles. The topological polar surface area (TPSA) is 150 Å². The third-order valence-electron chi connectivity index (χ3n) is 4.65. The maximum Gasteiger partial charge on any atom is 0.317 e. The van der Waals surface area contributed by atoms with E-state index in [1.807, 2.05) is 4.90 Å². The summed E-state index contributed by atoms with van der Waals surface area (Å²) < 4.78 is 5.40. The van der Waals surface area contributed by atoms with E-state index in [-0.39, 0.29) is 24.5 Å². The molecule has 2 amide bonds. The average molecular weight is 383 g/mol. The van der Waals surface area contributed by atoms with Crippen molar-refractivity contribution < 1.29 is 19.4 Å². The number of aromatic nitrogens is 3. The summed E-state index contributed by atoms with van der Waals surface area (Å²) >= 11 is 0. The van der Waals surface area contributed by atoms with Crippen molar-refractivity contribution in [3.8, 4) is 0 Å². The molecule has 27 heavy (non-hydrogen) atoms. The Kier molecular flexibility index (Phi) is 8.78. The summed E-state index contributed by atoms with van der Waals surface area (Å²) in [5.74, 6) is 0.925. The van der Waals surface area contributed by atoms with Crippen molar-refractivity contribution in [2.45, 2.75) is 31.7 Å². The summed E-state index contributed by atoms with van der Waals surface area (Å²) in [6, 6.07) is 0.304. The summed E-state index contributed by atoms with van der Waals surface area (Å²) in [6.45, 7) is 5.54. The Morgan fingerprint density at radius 3 is 2.78 bits per heavy atom. The molecule has 152 valence electrons. The van der Waals surface area contributed by atoms with Gasteiger partial charge in [-0.05, 0) is 19.3 Å². The molecule has 11 heteroatoms. The van der Waals surface area contributed by atoms with Crippen LogP contribution in [0.3, 0.4) is 0 Å². The second-order valence-corrected chi connectivity index (χ2v) is 6.48. The lowest BCUT2D eigenvalue weighted by atomic mass is 10.0. The SMILES string of the molecule is Nc1n[nH]c(CCNC(=O)N2CCCCC2CN2CCOCC2)n1.O=CO. The molecule has 0 aliphatic carbocycles.